The van der Waals surface area contributed by atoms with E-state index in [1.54, 1.807) is 25.3 Å². The van der Waals surface area contributed by atoms with Gasteiger partial charge in [-0.05, 0) is 34.1 Å². The summed E-state index contributed by atoms with van der Waals surface area (Å²) in [6, 6.07) is 5.27. The maximum absolute atomic E-state index is 12.0. The molecular weight excluding hydrogens is 324 g/mol. The van der Waals surface area contributed by atoms with Crippen molar-refractivity contribution in [1.82, 2.24) is 15.2 Å². The Bertz CT molecular complexity index is 625. The van der Waals surface area contributed by atoms with E-state index in [0.717, 1.165) is 4.47 Å². The van der Waals surface area contributed by atoms with E-state index in [-0.39, 0.29) is 17.6 Å². The van der Waals surface area contributed by atoms with E-state index in [1.807, 2.05) is 13.8 Å². The van der Waals surface area contributed by atoms with Gasteiger partial charge in [-0.1, -0.05) is 13.8 Å². The number of amides is 1. The number of hydrogen-bond donors (Lipinski definition) is 2. The summed E-state index contributed by atoms with van der Waals surface area (Å²) in [5.41, 5.74) is 0.638. The van der Waals surface area contributed by atoms with E-state index < -0.39 is 0 Å². The molecular formula is C13H15BrN4O2. The largest absolute Gasteiger partial charge is 0.496 e. The predicted octanol–water partition coefficient (Wildman–Crippen LogP) is 2.95. The number of aromatic amines is 1. The quantitative estimate of drug-likeness (QED) is 0.898. The number of nitrogens with one attached hydrogen (secondary N) is 2. The van der Waals surface area contributed by atoms with Crippen molar-refractivity contribution in [2.24, 2.45) is 0 Å². The third-order valence-electron chi connectivity index (χ3n) is 2.66. The van der Waals surface area contributed by atoms with Crippen molar-refractivity contribution in [2.45, 2.75) is 19.8 Å². The van der Waals surface area contributed by atoms with E-state index in [2.05, 4.69) is 36.4 Å². The van der Waals surface area contributed by atoms with Gasteiger partial charge in [-0.2, -0.15) is 0 Å². The number of methoxy groups -OCH3 is 1. The number of anilines is 1. The van der Waals surface area contributed by atoms with Crippen molar-refractivity contribution in [3.05, 3.63) is 34.3 Å². The van der Waals surface area contributed by atoms with Gasteiger partial charge in [0.15, 0.2) is 0 Å². The fourth-order valence-corrected chi connectivity index (χ4v) is 2.11. The van der Waals surface area contributed by atoms with Crippen LogP contribution in [0.5, 0.6) is 5.75 Å². The highest BCUT2D eigenvalue weighted by Gasteiger charge is 2.14. The first-order chi connectivity index (χ1) is 9.51. The van der Waals surface area contributed by atoms with Gasteiger partial charge in [0, 0.05) is 11.6 Å². The molecule has 7 heteroatoms. The van der Waals surface area contributed by atoms with Crippen LogP contribution >= 0.6 is 15.9 Å². The van der Waals surface area contributed by atoms with Gasteiger partial charge in [0.25, 0.3) is 5.91 Å². The topological polar surface area (TPSA) is 79.9 Å². The third-order valence-corrected chi connectivity index (χ3v) is 3.28. The summed E-state index contributed by atoms with van der Waals surface area (Å²) >= 11 is 3.36. The third kappa shape index (κ3) is 3.16. The molecule has 0 radical (unpaired) electrons. The summed E-state index contributed by atoms with van der Waals surface area (Å²) in [6.45, 7) is 3.95. The molecule has 1 amide bonds. The molecule has 1 aromatic heterocycles. The van der Waals surface area contributed by atoms with Gasteiger partial charge in [-0.15, -0.1) is 5.10 Å². The number of carbonyl (C=O) groups excluding carboxylic acids is 1. The molecule has 0 aliphatic heterocycles. The number of ether oxygens (including phenoxy) is 1. The Balaban J connectivity index is 2.12. The van der Waals surface area contributed by atoms with Crippen LogP contribution in [-0.4, -0.2) is 28.2 Å². The zero-order chi connectivity index (χ0) is 14.7. The van der Waals surface area contributed by atoms with E-state index in [0.29, 0.717) is 17.3 Å². The van der Waals surface area contributed by atoms with Gasteiger partial charge < -0.3 is 10.1 Å². The predicted molar refractivity (Wildman–Crippen MR) is 79.1 cm³/mol. The van der Waals surface area contributed by atoms with Crippen LogP contribution < -0.4 is 10.1 Å². The number of carbonyl (C=O) groups is 1. The first-order valence-corrected chi connectivity index (χ1v) is 6.87. The van der Waals surface area contributed by atoms with Gasteiger partial charge in [0.2, 0.25) is 5.82 Å². The van der Waals surface area contributed by atoms with Crippen LogP contribution in [0.3, 0.4) is 0 Å². The van der Waals surface area contributed by atoms with Crippen molar-refractivity contribution in [3.63, 3.8) is 0 Å². The van der Waals surface area contributed by atoms with Crippen LogP contribution in [0.25, 0.3) is 0 Å². The molecule has 2 N–H and O–H groups in total. The highest BCUT2D eigenvalue weighted by molar-refractivity contribution is 9.10. The first kappa shape index (κ1) is 14.5. The molecule has 106 valence electrons. The number of rotatable bonds is 4. The summed E-state index contributed by atoms with van der Waals surface area (Å²) in [4.78, 5) is 16.2. The number of benzene rings is 1. The molecule has 2 aromatic rings. The van der Waals surface area contributed by atoms with Crippen LogP contribution in [0.2, 0.25) is 0 Å². The lowest BCUT2D eigenvalue weighted by molar-refractivity contribution is 0.101. The zero-order valence-corrected chi connectivity index (χ0v) is 13.0. The molecule has 0 aliphatic carbocycles. The second-order valence-electron chi connectivity index (χ2n) is 4.50. The van der Waals surface area contributed by atoms with Crippen LogP contribution in [0, 0.1) is 0 Å². The molecule has 6 nitrogen and oxygen atoms in total. The Morgan fingerprint density at radius 3 is 2.75 bits per heavy atom. The second-order valence-corrected chi connectivity index (χ2v) is 5.36. The van der Waals surface area contributed by atoms with Gasteiger partial charge in [-0.3, -0.25) is 9.89 Å². The summed E-state index contributed by atoms with van der Waals surface area (Å²) in [5, 5.41) is 9.39. The lowest BCUT2D eigenvalue weighted by Crippen LogP contribution is -2.13. The van der Waals surface area contributed by atoms with Crippen molar-refractivity contribution in [1.29, 1.82) is 0 Å². The SMILES string of the molecule is COc1ccc(NC(=O)c2n[nH]c(C(C)C)n2)cc1Br. The summed E-state index contributed by atoms with van der Waals surface area (Å²) in [6.07, 6.45) is 0. The average molecular weight is 339 g/mol. The summed E-state index contributed by atoms with van der Waals surface area (Å²) in [7, 11) is 1.58. The lowest BCUT2D eigenvalue weighted by Gasteiger charge is -2.06. The second kappa shape index (κ2) is 6.04. The van der Waals surface area contributed by atoms with Crippen LogP contribution in [0.15, 0.2) is 22.7 Å². The lowest BCUT2D eigenvalue weighted by atomic mass is 10.2. The summed E-state index contributed by atoms with van der Waals surface area (Å²) < 4.78 is 5.89. The van der Waals surface area contributed by atoms with Crippen LogP contribution in [0.1, 0.15) is 36.2 Å². The van der Waals surface area contributed by atoms with E-state index in [4.69, 9.17) is 4.74 Å². The standard InChI is InChI=1S/C13H15BrN4O2/c1-7(2)11-16-12(18-17-11)13(19)15-8-4-5-10(20-3)9(14)6-8/h4-7H,1-3H3,(H,15,19)(H,16,17,18). The Morgan fingerprint density at radius 1 is 1.45 bits per heavy atom. The molecule has 2 rings (SSSR count). The Kier molecular flexibility index (Phi) is 4.39. The molecule has 0 atom stereocenters. The summed E-state index contributed by atoms with van der Waals surface area (Å²) in [5.74, 6) is 1.35. The maximum atomic E-state index is 12.0. The average Bonchev–Trinajstić information content (AvgIpc) is 2.88. The molecule has 1 aromatic carbocycles. The fourth-order valence-electron chi connectivity index (χ4n) is 1.57. The molecule has 0 spiro atoms. The molecule has 0 unspecified atom stereocenters. The molecule has 20 heavy (non-hydrogen) atoms. The molecule has 1 heterocycles. The van der Waals surface area contributed by atoms with E-state index in [9.17, 15) is 4.79 Å². The number of H-pyrrole nitrogens is 1. The number of halogens is 1. The Labute approximate surface area is 125 Å². The monoisotopic (exact) mass is 338 g/mol. The Morgan fingerprint density at radius 2 is 2.20 bits per heavy atom. The normalized spacial score (nSPS) is 10.7. The molecule has 0 aliphatic rings. The molecule has 0 saturated carbocycles. The minimum absolute atomic E-state index is 0.126. The zero-order valence-electron chi connectivity index (χ0n) is 11.4. The van der Waals surface area contributed by atoms with E-state index >= 15 is 0 Å². The molecule has 0 bridgehead atoms. The molecule has 0 fully saturated rings. The van der Waals surface area contributed by atoms with Crippen LogP contribution in [-0.2, 0) is 0 Å². The fraction of sp³-hybridized carbons (Fsp3) is 0.308. The highest BCUT2D eigenvalue weighted by Crippen LogP contribution is 2.27. The van der Waals surface area contributed by atoms with E-state index in [1.165, 1.54) is 0 Å². The van der Waals surface area contributed by atoms with Crippen molar-refractivity contribution < 1.29 is 9.53 Å². The van der Waals surface area contributed by atoms with Crippen molar-refractivity contribution >= 4 is 27.5 Å². The highest BCUT2D eigenvalue weighted by atomic mass is 79.9. The minimum atomic E-state index is -0.356. The van der Waals surface area contributed by atoms with Gasteiger partial charge in [-0.25, -0.2) is 4.98 Å². The Hall–Kier alpha value is -1.89. The minimum Gasteiger partial charge on any atom is -0.496 e. The van der Waals surface area contributed by atoms with Gasteiger partial charge in [0.05, 0.1) is 11.6 Å². The van der Waals surface area contributed by atoms with Gasteiger partial charge >= 0.3 is 0 Å². The van der Waals surface area contributed by atoms with Crippen molar-refractivity contribution in [3.8, 4) is 5.75 Å². The smallest absolute Gasteiger partial charge is 0.295 e. The molecule has 0 saturated heterocycles. The van der Waals surface area contributed by atoms with Gasteiger partial charge in [0.1, 0.15) is 11.6 Å². The maximum Gasteiger partial charge on any atom is 0.295 e. The number of aromatic nitrogens is 3. The van der Waals surface area contributed by atoms with Crippen LogP contribution in [0.4, 0.5) is 5.69 Å². The number of hydrogen-bond acceptors (Lipinski definition) is 4. The number of nitrogens with zero attached hydrogens (tertiary/aromatic N) is 2. The first-order valence-electron chi connectivity index (χ1n) is 6.08. The van der Waals surface area contributed by atoms with Crippen molar-refractivity contribution in [2.75, 3.05) is 12.4 Å².